The van der Waals surface area contributed by atoms with Crippen molar-refractivity contribution in [2.75, 3.05) is 11.8 Å². The Hall–Kier alpha value is 0.520. The molecular formula is C4H6Cl2F2O5P2+2. The van der Waals surface area contributed by atoms with Crippen molar-refractivity contribution in [3.05, 3.63) is 0 Å². The van der Waals surface area contributed by atoms with Gasteiger partial charge < -0.3 is 0 Å². The van der Waals surface area contributed by atoms with Crippen molar-refractivity contribution in [2.24, 2.45) is 0 Å². The SMILES string of the molecule is O=[P+](OC(F)CCl)O[P+](=O)OC(F)CCl. The van der Waals surface area contributed by atoms with Gasteiger partial charge in [-0.1, -0.05) is 9.05 Å². The minimum Gasteiger partial charge on any atom is -0.209 e. The molecule has 0 amide bonds. The summed E-state index contributed by atoms with van der Waals surface area (Å²) >= 11 is 9.95. The van der Waals surface area contributed by atoms with Crippen LogP contribution in [-0.2, 0) is 22.5 Å². The van der Waals surface area contributed by atoms with Crippen LogP contribution in [0.1, 0.15) is 0 Å². The molecule has 0 saturated carbocycles. The second-order valence-electron chi connectivity index (χ2n) is 1.87. The van der Waals surface area contributed by atoms with Crippen molar-refractivity contribution in [3.63, 3.8) is 0 Å². The highest BCUT2D eigenvalue weighted by Crippen LogP contribution is 2.41. The van der Waals surface area contributed by atoms with Gasteiger partial charge in [0.2, 0.25) is 0 Å². The van der Waals surface area contributed by atoms with E-state index in [1.165, 1.54) is 0 Å². The smallest absolute Gasteiger partial charge is 0.209 e. The molecule has 0 aromatic heterocycles. The molecule has 0 aliphatic heterocycles. The second kappa shape index (κ2) is 8.65. The van der Waals surface area contributed by atoms with Crippen LogP contribution in [-0.4, -0.2) is 24.5 Å². The van der Waals surface area contributed by atoms with Gasteiger partial charge in [-0.2, -0.15) is 0 Å². The Morgan fingerprint density at radius 1 is 1.00 bits per heavy atom. The predicted molar refractivity (Wildman–Crippen MR) is 49.7 cm³/mol. The summed E-state index contributed by atoms with van der Waals surface area (Å²) in [4.78, 5) is 0. The molecule has 5 nitrogen and oxygen atoms in total. The van der Waals surface area contributed by atoms with Gasteiger partial charge in [0.25, 0.3) is 12.7 Å². The normalized spacial score (nSPS) is 17.1. The lowest BCUT2D eigenvalue weighted by Gasteiger charge is -1.90. The first-order valence-corrected chi connectivity index (χ1v) is 6.61. The summed E-state index contributed by atoms with van der Waals surface area (Å²) in [6, 6.07) is 0. The topological polar surface area (TPSA) is 61.8 Å². The summed E-state index contributed by atoms with van der Waals surface area (Å²) in [7, 11) is -6.06. The van der Waals surface area contributed by atoms with Gasteiger partial charge in [-0.15, -0.1) is 23.2 Å². The second-order valence-corrected chi connectivity index (χ2v) is 4.45. The Labute approximate surface area is 95.9 Å². The third-order valence-electron chi connectivity index (χ3n) is 0.777. The summed E-state index contributed by atoms with van der Waals surface area (Å²) in [5.74, 6) is -1.15. The molecule has 15 heavy (non-hydrogen) atoms. The van der Waals surface area contributed by atoms with Gasteiger partial charge in [0.1, 0.15) is 0 Å². The monoisotopic (exact) mass is 304 g/mol. The van der Waals surface area contributed by atoms with Gasteiger partial charge in [-0.05, 0) is 0 Å². The molecule has 0 N–H and O–H groups in total. The summed E-state index contributed by atoms with van der Waals surface area (Å²) in [6.07, 6.45) is -4.07. The minimum absolute atomic E-state index is 0.574. The predicted octanol–water partition coefficient (Wildman–Crippen LogP) is 3.42. The highest BCUT2D eigenvalue weighted by molar-refractivity contribution is 7.47. The first-order chi connectivity index (χ1) is 6.99. The van der Waals surface area contributed by atoms with E-state index >= 15 is 0 Å². The molecule has 0 aromatic rings. The third-order valence-corrected chi connectivity index (χ3v) is 3.13. The molecule has 0 spiro atoms. The number of rotatable bonds is 8. The van der Waals surface area contributed by atoms with Crippen LogP contribution in [0.3, 0.4) is 0 Å². The maximum Gasteiger partial charge on any atom is 0.750 e. The van der Waals surface area contributed by atoms with E-state index in [1.807, 2.05) is 0 Å². The molecule has 11 heteroatoms. The van der Waals surface area contributed by atoms with Crippen LogP contribution in [0.5, 0.6) is 0 Å². The first-order valence-electron chi connectivity index (χ1n) is 3.35. The van der Waals surface area contributed by atoms with Crippen molar-refractivity contribution >= 4 is 39.7 Å². The highest BCUT2D eigenvalue weighted by atomic mass is 35.5. The molecule has 4 unspecified atom stereocenters. The molecular weight excluding hydrogens is 299 g/mol. The van der Waals surface area contributed by atoms with Crippen LogP contribution in [0.4, 0.5) is 8.78 Å². The van der Waals surface area contributed by atoms with Crippen molar-refractivity contribution in [3.8, 4) is 0 Å². The van der Waals surface area contributed by atoms with Gasteiger partial charge >= 0.3 is 16.5 Å². The van der Waals surface area contributed by atoms with Crippen molar-refractivity contribution < 1.29 is 31.3 Å². The van der Waals surface area contributed by atoms with E-state index in [9.17, 15) is 17.9 Å². The van der Waals surface area contributed by atoms with Crippen LogP contribution in [0.15, 0.2) is 0 Å². The Morgan fingerprint density at radius 2 is 1.33 bits per heavy atom. The number of halogens is 4. The average molecular weight is 305 g/mol. The number of hydrogen-bond donors (Lipinski definition) is 0. The lowest BCUT2D eigenvalue weighted by atomic mass is 10.8. The lowest BCUT2D eigenvalue weighted by molar-refractivity contribution is 0.0722. The van der Waals surface area contributed by atoms with Gasteiger partial charge in [0, 0.05) is 9.13 Å². The quantitative estimate of drug-likeness (QED) is 0.508. The Kier molecular flexibility index (Phi) is 8.95. The van der Waals surface area contributed by atoms with Crippen LogP contribution in [0.2, 0.25) is 0 Å². The van der Waals surface area contributed by atoms with Gasteiger partial charge in [-0.3, -0.25) is 0 Å². The van der Waals surface area contributed by atoms with Gasteiger partial charge in [-0.25, -0.2) is 8.78 Å². The van der Waals surface area contributed by atoms with Crippen molar-refractivity contribution in [1.29, 1.82) is 0 Å². The molecule has 0 saturated heterocycles. The Morgan fingerprint density at radius 3 is 1.60 bits per heavy atom. The maximum absolute atomic E-state index is 12.3. The van der Waals surface area contributed by atoms with Crippen LogP contribution < -0.4 is 0 Å². The molecule has 0 aliphatic rings. The zero-order chi connectivity index (χ0) is 11.8. The fourth-order valence-corrected chi connectivity index (χ4v) is 1.90. The maximum atomic E-state index is 12.3. The number of hydrogen-bond acceptors (Lipinski definition) is 5. The third kappa shape index (κ3) is 8.34. The van der Waals surface area contributed by atoms with E-state index in [0.717, 1.165) is 0 Å². The summed E-state index contributed by atoms with van der Waals surface area (Å²) in [5, 5.41) is 0. The van der Waals surface area contributed by atoms with Gasteiger partial charge in [0.15, 0.2) is 4.31 Å². The fraction of sp³-hybridized carbons (Fsp3) is 1.00. The molecule has 0 bridgehead atoms. The zero-order valence-corrected chi connectivity index (χ0v) is 10.3. The van der Waals surface area contributed by atoms with Crippen molar-refractivity contribution in [2.45, 2.75) is 12.7 Å². The minimum atomic E-state index is -3.03. The first kappa shape index (κ1) is 15.5. The fourth-order valence-electron chi connectivity index (χ4n) is 0.336. The Balaban J connectivity index is 3.81. The summed E-state index contributed by atoms with van der Waals surface area (Å²) in [6.45, 7) is 0. The molecule has 0 heterocycles. The largest absolute Gasteiger partial charge is 0.750 e. The molecule has 0 radical (unpaired) electrons. The summed E-state index contributed by atoms with van der Waals surface area (Å²) < 4.78 is 57.9. The standard InChI is InChI=1S/C4H6Cl2F2O5P2/c5-1-3(7)11-14(9)13-15(10)12-4(8)2-6/h3-4H,1-2H2/q+2. The van der Waals surface area contributed by atoms with E-state index in [0.29, 0.717) is 0 Å². The van der Waals surface area contributed by atoms with Crippen molar-refractivity contribution in [1.82, 2.24) is 0 Å². The summed E-state index contributed by atoms with van der Waals surface area (Å²) in [5.41, 5.74) is 0. The van der Waals surface area contributed by atoms with E-state index in [2.05, 4.69) is 13.4 Å². The number of alkyl halides is 4. The van der Waals surface area contributed by atoms with E-state index < -0.39 is 41.0 Å². The molecule has 0 aliphatic carbocycles. The Bertz CT molecular complexity index is 211. The van der Waals surface area contributed by atoms with Crippen LogP contribution in [0.25, 0.3) is 0 Å². The molecule has 4 atom stereocenters. The van der Waals surface area contributed by atoms with E-state index in [-0.39, 0.29) is 0 Å². The van der Waals surface area contributed by atoms with Crippen LogP contribution >= 0.6 is 39.7 Å². The van der Waals surface area contributed by atoms with Crippen LogP contribution in [0, 0.1) is 0 Å². The highest BCUT2D eigenvalue weighted by Gasteiger charge is 2.44. The lowest BCUT2D eigenvalue weighted by Crippen LogP contribution is -2.03. The molecule has 88 valence electrons. The van der Waals surface area contributed by atoms with Gasteiger partial charge in [0.05, 0.1) is 11.8 Å². The molecule has 0 fully saturated rings. The molecule has 0 rings (SSSR count). The van der Waals surface area contributed by atoms with E-state index in [1.54, 1.807) is 0 Å². The van der Waals surface area contributed by atoms with E-state index in [4.69, 9.17) is 23.2 Å². The average Bonchev–Trinajstić information content (AvgIpc) is 2.16. The molecule has 0 aromatic carbocycles. The zero-order valence-electron chi connectivity index (χ0n) is 7.02.